The van der Waals surface area contributed by atoms with E-state index in [1.165, 1.54) is 36.7 Å². The van der Waals surface area contributed by atoms with Gasteiger partial charge >= 0.3 is 0 Å². The lowest BCUT2D eigenvalue weighted by molar-refractivity contribution is 0.618. The summed E-state index contributed by atoms with van der Waals surface area (Å²) in [5.74, 6) is -0.779. The summed E-state index contributed by atoms with van der Waals surface area (Å²) in [6.07, 6.45) is 3.02. The minimum atomic E-state index is -0.421. The molecule has 0 spiro atoms. The summed E-state index contributed by atoms with van der Waals surface area (Å²) < 4.78 is 28.8. The van der Waals surface area contributed by atoms with E-state index in [0.29, 0.717) is 16.9 Å². The molecule has 0 fully saturated rings. The van der Waals surface area contributed by atoms with Gasteiger partial charge in [0.15, 0.2) is 0 Å². The van der Waals surface area contributed by atoms with E-state index in [9.17, 15) is 8.78 Å². The Hall–Kier alpha value is -2.69. The van der Waals surface area contributed by atoms with Crippen LogP contribution >= 0.6 is 0 Å². The Kier molecular flexibility index (Phi) is 2.95. The number of hydrogen-bond donors (Lipinski definition) is 1. The molecule has 1 aromatic heterocycles. The second kappa shape index (κ2) is 4.77. The fourth-order valence-electron chi connectivity index (χ4n) is 2.06. The van der Waals surface area contributed by atoms with E-state index >= 15 is 0 Å². The number of rotatable bonds is 2. The van der Waals surface area contributed by atoms with Crippen molar-refractivity contribution < 1.29 is 8.78 Å². The van der Waals surface area contributed by atoms with Crippen molar-refractivity contribution in [3.8, 4) is 16.9 Å². The first kappa shape index (κ1) is 12.3. The van der Waals surface area contributed by atoms with Crippen molar-refractivity contribution in [2.24, 2.45) is 0 Å². The minimum Gasteiger partial charge on any atom is -0.399 e. The highest BCUT2D eigenvalue weighted by Crippen LogP contribution is 2.25. The van der Waals surface area contributed by atoms with Crippen LogP contribution in [-0.4, -0.2) is 9.55 Å². The third kappa shape index (κ3) is 2.14. The predicted octanol–water partition coefficient (Wildman–Crippen LogP) is 3.40. The van der Waals surface area contributed by atoms with Gasteiger partial charge in [0.2, 0.25) is 0 Å². The number of halogens is 2. The van der Waals surface area contributed by atoms with Crippen molar-refractivity contribution in [2.75, 3.05) is 5.73 Å². The van der Waals surface area contributed by atoms with Gasteiger partial charge in [-0.15, -0.1) is 0 Å². The van der Waals surface area contributed by atoms with Gasteiger partial charge in [-0.3, -0.25) is 4.57 Å². The van der Waals surface area contributed by atoms with Crippen molar-refractivity contribution >= 4 is 5.69 Å². The number of nitrogen functional groups attached to an aromatic ring is 1. The van der Waals surface area contributed by atoms with Crippen LogP contribution < -0.4 is 5.73 Å². The summed E-state index contributed by atoms with van der Waals surface area (Å²) in [4.78, 5) is 4.01. The number of aromatic nitrogens is 2. The van der Waals surface area contributed by atoms with Gasteiger partial charge in [-0.05, 0) is 30.3 Å². The zero-order valence-electron chi connectivity index (χ0n) is 10.4. The summed E-state index contributed by atoms with van der Waals surface area (Å²) in [5.41, 5.74) is 7.62. The number of hydrogen-bond acceptors (Lipinski definition) is 2. The van der Waals surface area contributed by atoms with Gasteiger partial charge in [-0.25, -0.2) is 13.8 Å². The van der Waals surface area contributed by atoms with E-state index in [1.54, 1.807) is 22.9 Å². The SMILES string of the molecule is Nc1ccc(F)c(-n2cncc2-c2cccc(F)c2)c1. The molecule has 0 amide bonds. The zero-order chi connectivity index (χ0) is 14.1. The maximum Gasteiger partial charge on any atom is 0.147 e. The first-order chi connectivity index (χ1) is 9.65. The van der Waals surface area contributed by atoms with Crippen molar-refractivity contribution in [1.82, 2.24) is 9.55 Å². The van der Waals surface area contributed by atoms with Gasteiger partial charge in [-0.2, -0.15) is 0 Å². The third-order valence-electron chi connectivity index (χ3n) is 2.99. The molecule has 0 aliphatic rings. The number of nitrogens with two attached hydrogens (primary N) is 1. The molecule has 2 aromatic carbocycles. The molecule has 0 bridgehead atoms. The molecule has 3 aromatic rings. The van der Waals surface area contributed by atoms with E-state index in [4.69, 9.17) is 5.73 Å². The summed E-state index contributed by atoms with van der Waals surface area (Å²) in [6, 6.07) is 10.3. The number of anilines is 1. The lowest BCUT2D eigenvalue weighted by Gasteiger charge is -2.10. The van der Waals surface area contributed by atoms with Crippen molar-refractivity contribution in [1.29, 1.82) is 0 Å². The van der Waals surface area contributed by atoms with Crippen LogP contribution in [0, 0.1) is 11.6 Å². The normalized spacial score (nSPS) is 10.7. The van der Waals surface area contributed by atoms with E-state index in [-0.39, 0.29) is 11.5 Å². The van der Waals surface area contributed by atoms with Gasteiger partial charge in [0, 0.05) is 11.3 Å². The van der Waals surface area contributed by atoms with Crippen molar-refractivity contribution in [2.45, 2.75) is 0 Å². The molecule has 20 heavy (non-hydrogen) atoms. The Morgan fingerprint density at radius 1 is 1.05 bits per heavy atom. The molecule has 2 N–H and O–H groups in total. The summed E-state index contributed by atoms with van der Waals surface area (Å²) in [7, 11) is 0. The topological polar surface area (TPSA) is 43.8 Å². The van der Waals surface area contributed by atoms with E-state index in [1.807, 2.05) is 0 Å². The largest absolute Gasteiger partial charge is 0.399 e. The monoisotopic (exact) mass is 271 g/mol. The lowest BCUT2D eigenvalue weighted by Crippen LogP contribution is -2.00. The Labute approximate surface area is 114 Å². The van der Waals surface area contributed by atoms with Crippen molar-refractivity contribution in [3.05, 3.63) is 66.6 Å². The van der Waals surface area contributed by atoms with Crippen molar-refractivity contribution in [3.63, 3.8) is 0 Å². The molecule has 3 rings (SSSR count). The molecule has 0 saturated heterocycles. The number of nitrogens with zero attached hydrogens (tertiary/aromatic N) is 2. The van der Waals surface area contributed by atoms with Gasteiger partial charge < -0.3 is 5.73 Å². The summed E-state index contributed by atoms with van der Waals surface area (Å²) in [6.45, 7) is 0. The fraction of sp³-hybridized carbons (Fsp3) is 0. The summed E-state index contributed by atoms with van der Waals surface area (Å²) >= 11 is 0. The molecule has 0 radical (unpaired) electrons. The highest BCUT2D eigenvalue weighted by Gasteiger charge is 2.11. The number of benzene rings is 2. The second-order valence-electron chi connectivity index (χ2n) is 4.37. The van der Waals surface area contributed by atoms with Gasteiger partial charge in [0.25, 0.3) is 0 Å². The van der Waals surface area contributed by atoms with Gasteiger partial charge in [0.1, 0.15) is 11.6 Å². The Bertz CT molecular complexity index is 765. The second-order valence-corrected chi connectivity index (χ2v) is 4.37. The molecular weight excluding hydrogens is 260 g/mol. The Balaban J connectivity index is 2.18. The Morgan fingerprint density at radius 2 is 1.90 bits per heavy atom. The maximum atomic E-state index is 13.9. The van der Waals surface area contributed by atoms with Crippen LogP contribution in [0.25, 0.3) is 16.9 Å². The smallest absolute Gasteiger partial charge is 0.147 e. The molecule has 0 atom stereocenters. The first-order valence-electron chi connectivity index (χ1n) is 5.99. The highest BCUT2D eigenvalue weighted by molar-refractivity contribution is 5.63. The quantitative estimate of drug-likeness (QED) is 0.726. The van der Waals surface area contributed by atoms with Crippen LogP contribution in [-0.2, 0) is 0 Å². The standard InChI is InChI=1S/C15H11F2N3/c16-11-3-1-2-10(6-11)15-8-19-9-20(15)14-7-12(18)4-5-13(14)17/h1-9H,18H2. The molecule has 0 unspecified atom stereocenters. The van der Waals surface area contributed by atoms with Crippen LogP contribution in [0.5, 0.6) is 0 Å². The molecule has 3 nitrogen and oxygen atoms in total. The molecule has 0 aliphatic carbocycles. The van der Waals surface area contributed by atoms with E-state index < -0.39 is 5.82 Å². The third-order valence-corrected chi connectivity index (χ3v) is 2.99. The average Bonchev–Trinajstić information content (AvgIpc) is 2.90. The van der Waals surface area contributed by atoms with Gasteiger partial charge in [0.05, 0.1) is 23.9 Å². The molecule has 5 heteroatoms. The Morgan fingerprint density at radius 3 is 2.70 bits per heavy atom. The molecule has 0 saturated carbocycles. The predicted molar refractivity (Wildman–Crippen MR) is 73.3 cm³/mol. The molecular formula is C15H11F2N3. The lowest BCUT2D eigenvalue weighted by atomic mass is 10.1. The fourth-order valence-corrected chi connectivity index (χ4v) is 2.06. The van der Waals surface area contributed by atoms with Crippen LogP contribution in [0.15, 0.2) is 55.0 Å². The van der Waals surface area contributed by atoms with E-state index in [0.717, 1.165) is 0 Å². The summed E-state index contributed by atoms with van der Waals surface area (Å²) in [5, 5.41) is 0. The zero-order valence-corrected chi connectivity index (χ0v) is 10.4. The molecule has 0 aliphatic heterocycles. The number of imidazole rings is 1. The van der Waals surface area contributed by atoms with Crippen LogP contribution in [0.2, 0.25) is 0 Å². The highest BCUT2D eigenvalue weighted by atomic mass is 19.1. The minimum absolute atomic E-state index is 0.279. The van der Waals surface area contributed by atoms with Gasteiger partial charge in [-0.1, -0.05) is 12.1 Å². The average molecular weight is 271 g/mol. The molecule has 100 valence electrons. The first-order valence-corrected chi connectivity index (χ1v) is 5.99. The van der Waals surface area contributed by atoms with Crippen LogP contribution in [0.1, 0.15) is 0 Å². The van der Waals surface area contributed by atoms with E-state index in [2.05, 4.69) is 4.98 Å². The van der Waals surface area contributed by atoms with Crippen LogP contribution in [0.3, 0.4) is 0 Å². The van der Waals surface area contributed by atoms with Crippen LogP contribution in [0.4, 0.5) is 14.5 Å². The maximum absolute atomic E-state index is 13.9. The molecule has 1 heterocycles.